The quantitative estimate of drug-likeness (QED) is 0.809. The number of amides is 1. The van der Waals surface area contributed by atoms with Crippen LogP contribution in [0, 0.1) is 16.7 Å². The fourth-order valence-corrected chi connectivity index (χ4v) is 3.42. The summed E-state index contributed by atoms with van der Waals surface area (Å²) in [6.45, 7) is 9.40. The first-order valence-electron chi connectivity index (χ1n) is 7.43. The van der Waals surface area contributed by atoms with Gasteiger partial charge in [0.1, 0.15) is 0 Å². The highest BCUT2D eigenvalue weighted by atomic mass is 16.2. The van der Waals surface area contributed by atoms with E-state index in [1.165, 1.54) is 19.3 Å². The van der Waals surface area contributed by atoms with Gasteiger partial charge in [-0.3, -0.25) is 4.79 Å². The van der Waals surface area contributed by atoms with Crippen molar-refractivity contribution in [3.63, 3.8) is 0 Å². The van der Waals surface area contributed by atoms with Gasteiger partial charge in [-0.15, -0.1) is 0 Å². The van der Waals surface area contributed by atoms with E-state index < -0.39 is 0 Å². The molecule has 2 aliphatic rings. The van der Waals surface area contributed by atoms with E-state index >= 15 is 0 Å². The number of fused-ring (bicyclic) bond motifs is 1. The van der Waals surface area contributed by atoms with Crippen LogP contribution in [0.1, 0.15) is 52.9 Å². The van der Waals surface area contributed by atoms with E-state index in [2.05, 4.69) is 31.4 Å². The van der Waals surface area contributed by atoms with Gasteiger partial charge >= 0.3 is 0 Å². The molecule has 0 spiro atoms. The van der Waals surface area contributed by atoms with Crippen molar-refractivity contribution in [2.75, 3.05) is 19.6 Å². The molecule has 1 aliphatic heterocycles. The van der Waals surface area contributed by atoms with E-state index in [1.54, 1.807) is 0 Å². The van der Waals surface area contributed by atoms with Crippen LogP contribution in [0.3, 0.4) is 0 Å². The number of rotatable bonds is 3. The molecule has 2 N–H and O–H groups in total. The molecular formula is C15H28N2O. The molecule has 104 valence electrons. The molecule has 2 atom stereocenters. The maximum Gasteiger partial charge on any atom is 0.227 e. The third-order valence-electron chi connectivity index (χ3n) is 4.65. The summed E-state index contributed by atoms with van der Waals surface area (Å²) in [5, 5.41) is 6.62. The summed E-state index contributed by atoms with van der Waals surface area (Å²) in [6.07, 6.45) is 5.85. The second kappa shape index (κ2) is 5.20. The highest BCUT2D eigenvalue weighted by Crippen LogP contribution is 2.43. The minimum Gasteiger partial charge on any atom is -0.356 e. The lowest BCUT2D eigenvalue weighted by atomic mass is 9.67. The molecule has 18 heavy (non-hydrogen) atoms. The second-order valence-corrected chi connectivity index (χ2v) is 7.30. The average Bonchev–Trinajstić information content (AvgIpc) is 2.71. The maximum absolute atomic E-state index is 12.5. The van der Waals surface area contributed by atoms with Crippen LogP contribution in [0.25, 0.3) is 0 Å². The van der Waals surface area contributed by atoms with E-state index in [-0.39, 0.29) is 5.41 Å². The number of hydrogen-bond acceptors (Lipinski definition) is 2. The van der Waals surface area contributed by atoms with E-state index in [1.807, 2.05) is 0 Å². The zero-order chi connectivity index (χ0) is 13.2. The van der Waals surface area contributed by atoms with E-state index in [0.29, 0.717) is 17.2 Å². The van der Waals surface area contributed by atoms with Crippen molar-refractivity contribution in [3.05, 3.63) is 0 Å². The first kappa shape index (κ1) is 13.9. The molecule has 1 saturated carbocycles. The monoisotopic (exact) mass is 252 g/mol. The summed E-state index contributed by atoms with van der Waals surface area (Å²) in [4.78, 5) is 12.5. The van der Waals surface area contributed by atoms with Crippen LogP contribution in [0.4, 0.5) is 0 Å². The van der Waals surface area contributed by atoms with Crippen LogP contribution in [0.5, 0.6) is 0 Å². The van der Waals surface area contributed by atoms with Gasteiger partial charge in [0.15, 0.2) is 0 Å². The molecule has 3 nitrogen and oxygen atoms in total. The van der Waals surface area contributed by atoms with Gasteiger partial charge in [-0.05, 0) is 37.1 Å². The summed E-state index contributed by atoms with van der Waals surface area (Å²) in [5.41, 5.74) is 0.209. The molecule has 0 unspecified atom stereocenters. The number of carbonyl (C=O) groups excluding carboxylic acids is 1. The van der Waals surface area contributed by atoms with Crippen molar-refractivity contribution in [3.8, 4) is 0 Å². The minimum absolute atomic E-state index is 0.0872. The predicted octanol–water partition coefficient (Wildman–Crippen LogP) is 2.32. The second-order valence-electron chi connectivity index (χ2n) is 7.30. The Kier molecular flexibility index (Phi) is 4.00. The number of hydrogen-bond donors (Lipinski definition) is 2. The largest absolute Gasteiger partial charge is 0.356 e. The lowest BCUT2D eigenvalue weighted by molar-refractivity contribution is -0.134. The SMILES string of the molecule is CC(C)(C)CCNC(=O)[C@@]12CCCC[C@H]1CNC2. The molecule has 0 bridgehead atoms. The standard InChI is InChI=1S/C15H28N2O/c1-14(2,3)8-9-17-13(18)15-7-5-4-6-12(15)10-16-11-15/h12,16H,4-11H2,1-3H3,(H,17,18)/t12-,15+/m0/s1. The summed E-state index contributed by atoms with van der Waals surface area (Å²) in [6, 6.07) is 0. The first-order chi connectivity index (χ1) is 8.44. The minimum atomic E-state index is -0.0872. The predicted molar refractivity (Wildman–Crippen MR) is 74.3 cm³/mol. The molecule has 0 radical (unpaired) electrons. The van der Waals surface area contributed by atoms with Crippen LogP contribution in [-0.2, 0) is 4.79 Å². The molecule has 2 rings (SSSR count). The van der Waals surface area contributed by atoms with Crippen molar-refractivity contribution in [1.29, 1.82) is 0 Å². The first-order valence-corrected chi connectivity index (χ1v) is 7.43. The Hall–Kier alpha value is -0.570. The molecule has 3 heteroatoms. The Morgan fingerprint density at radius 1 is 1.39 bits per heavy atom. The van der Waals surface area contributed by atoms with Gasteiger partial charge in [-0.2, -0.15) is 0 Å². The van der Waals surface area contributed by atoms with Crippen LogP contribution < -0.4 is 10.6 Å². The van der Waals surface area contributed by atoms with Crippen LogP contribution in [-0.4, -0.2) is 25.5 Å². The Labute approximate surface area is 111 Å². The molecule has 0 aromatic heterocycles. The molecule has 1 saturated heterocycles. The van der Waals surface area contributed by atoms with E-state index in [0.717, 1.165) is 32.5 Å². The third kappa shape index (κ3) is 2.87. The molecule has 1 heterocycles. The Bertz CT molecular complexity index is 308. The normalized spacial score (nSPS) is 32.1. The summed E-state index contributed by atoms with van der Waals surface area (Å²) < 4.78 is 0. The van der Waals surface area contributed by atoms with Crippen molar-refractivity contribution in [1.82, 2.24) is 10.6 Å². The molecule has 0 aromatic carbocycles. The van der Waals surface area contributed by atoms with Crippen LogP contribution in [0.15, 0.2) is 0 Å². The van der Waals surface area contributed by atoms with Gasteiger partial charge in [-0.25, -0.2) is 0 Å². The van der Waals surface area contributed by atoms with Crippen molar-refractivity contribution in [2.45, 2.75) is 52.9 Å². The van der Waals surface area contributed by atoms with Gasteiger partial charge < -0.3 is 10.6 Å². The molecule has 1 amide bonds. The van der Waals surface area contributed by atoms with E-state index in [4.69, 9.17) is 0 Å². The number of nitrogens with one attached hydrogen (secondary N) is 2. The smallest absolute Gasteiger partial charge is 0.227 e. The fourth-order valence-electron chi connectivity index (χ4n) is 3.42. The average molecular weight is 252 g/mol. The molecule has 2 fully saturated rings. The zero-order valence-corrected chi connectivity index (χ0v) is 12.1. The van der Waals surface area contributed by atoms with Crippen molar-refractivity contribution in [2.24, 2.45) is 16.7 Å². The Balaban J connectivity index is 1.91. The Morgan fingerprint density at radius 3 is 2.89 bits per heavy atom. The zero-order valence-electron chi connectivity index (χ0n) is 12.1. The Morgan fingerprint density at radius 2 is 2.17 bits per heavy atom. The van der Waals surface area contributed by atoms with Gasteiger partial charge in [-0.1, -0.05) is 33.6 Å². The van der Waals surface area contributed by atoms with Crippen molar-refractivity contribution >= 4 is 5.91 Å². The highest BCUT2D eigenvalue weighted by Gasteiger charge is 2.49. The fraction of sp³-hybridized carbons (Fsp3) is 0.933. The lowest BCUT2D eigenvalue weighted by Gasteiger charge is -2.37. The van der Waals surface area contributed by atoms with Gasteiger partial charge in [0, 0.05) is 13.1 Å². The van der Waals surface area contributed by atoms with Crippen LogP contribution in [0.2, 0.25) is 0 Å². The summed E-state index contributed by atoms with van der Waals surface area (Å²) in [5.74, 6) is 0.877. The van der Waals surface area contributed by atoms with E-state index in [9.17, 15) is 4.79 Å². The van der Waals surface area contributed by atoms with Crippen LogP contribution >= 0.6 is 0 Å². The van der Waals surface area contributed by atoms with Crippen molar-refractivity contribution < 1.29 is 4.79 Å². The van der Waals surface area contributed by atoms with Gasteiger partial charge in [0.25, 0.3) is 0 Å². The van der Waals surface area contributed by atoms with Gasteiger partial charge in [0.05, 0.1) is 5.41 Å². The molecule has 1 aliphatic carbocycles. The number of carbonyl (C=O) groups is 1. The topological polar surface area (TPSA) is 41.1 Å². The lowest BCUT2D eigenvalue weighted by Crippen LogP contribution is -2.48. The third-order valence-corrected chi connectivity index (χ3v) is 4.65. The summed E-state index contributed by atoms with van der Waals surface area (Å²) >= 11 is 0. The van der Waals surface area contributed by atoms with Gasteiger partial charge in [0.2, 0.25) is 5.91 Å². The summed E-state index contributed by atoms with van der Waals surface area (Å²) in [7, 11) is 0. The highest BCUT2D eigenvalue weighted by molar-refractivity contribution is 5.83. The molecular weight excluding hydrogens is 224 g/mol. The maximum atomic E-state index is 12.5. The molecule has 0 aromatic rings.